The Hall–Kier alpha value is -1.76. The molecular weight excluding hydrogens is 515 g/mol. The summed E-state index contributed by atoms with van der Waals surface area (Å²) in [6.07, 6.45) is 0.437. The van der Waals surface area contributed by atoms with Gasteiger partial charge < -0.3 is 15.0 Å². The van der Waals surface area contributed by atoms with Gasteiger partial charge in [0.1, 0.15) is 11.8 Å². The molecule has 0 heterocycles. The maximum atomic E-state index is 13.3. The van der Waals surface area contributed by atoms with Crippen LogP contribution in [-0.4, -0.2) is 35.9 Å². The van der Waals surface area contributed by atoms with Gasteiger partial charge in [0.05, 0.1) is 4.47 Å². The minimum atomic E-state index is -0.676. The Bertz CT molecular complexity index is 933. The summed E-state index contributed by atoms with van der Waals surface area (Å²) in [6, 6.07) is 10.3. The number of hydrogen-bond acceptors (Lipinski definition) is 3. The van der Waals surface area contributed by atoms with Crippen molar-refractivity contribution in [3.63, 3.8) is 0 Å². The molecule has 0 aliphatic carbocycles. The summed E-state index contributed by atoms with van der Waals surface area (Å²) in [4.78, 5) is 27.4. The highest BCUT2D eigenvalue weighted by molar-refractivity contribution is 9.10. The van der Waals surface area contributed by atoms with Crippen LogP contribution >= 0.6 is 39.1 Å². The summed E-state index contributed by atoms with van der Waals surface area (Å²) in [5.74, 6) is 0.373. The van der Waals surface area contributed by atoms with E-state index in [4.69, 9.17) is 27.9 Å². The number of amides is 2. The zero-order valence-corrected chi connectivity index (χ0v) is 21.9. The lowest BCUT2D eigenvalue weighted by molar-refractivity contribution is -0.142. The standard InChI is InChI=1S/C24H29BrCl2N2O3/c1-5-21(24(31)28-6-2)29(13-17-19(26)8-7-9-20(17)27)23(30)14-32-22-11-10-16(15(3)4)12-18(22)25/h7-12,15,21H,5-6,13-14H2,1-4H3,(H,28,31)/t21-/m1/s1. The van der Waals surface area contributed by atoms with Crippen molar-refractivity contribution in [3.8, 4) is 5.75 Å². The molecule has 0 aromatic heterocycles. The van der Waals surface area contributed by atoms with Gasteiger partial charge in [0.25, 0.3) is 5.91 Å². The lowest BCUT2D eigenvalue weighted by Crippen LogP contribution is -2.50. The van der Waals surface area contributed by atoms with Crippen LogP contribution in [0.25, 0.3) is 0 Å². The van der Waals surface area contributed by atoms with E-state index in [1.54, 1.807) is 18.2 Å². The number of nitrogens with zero attached hydrogens (tertiary/aromatic N) is 1. The van der Waals surface area contributed by atoms with Gasteiger partial charge in [-0.2, -0.15) is 0 Å². The third kappa shape index (κ3) is 6.87. The summed E-state index contributed by atoms with van der Waals surface area (Å²) in [5, 5.41) is 3.68. The fraction of sp³-hybridized carbons (Fsp3) is 0.417. The van der Waals surface area contributed by atoms with Crippen LogP contribution in [0, 0.1) is 0 Å². The molecule has 2 amide bonds. The summed E-state index contributed by atoms with van der Waals surface area (Å²) in [7, 11) is 0. The van der Waals surface area contributed by atoms with E-state index < -0.39 is 6.04 Å². The highest BCUT2D eigenvalue weighted by atomic mass is 79.9. The second-order valence-corrected chi connectivity index (χ2v) is 9.34. The number of ether oxygens (including phenoxy) is 1. The third-order valence-corrected chi connectivity index (χ3v) is 6.43. The number of hydrogen-bond donors (Lipinski definition) is 1. The first-order valence-corrected chi connectivity index (χ1v) is 12.2. The molecule has 0 unspecified atom stereocenters. The molecule has 0 aliphatic rings. The molecule has 0 aliphatic heterocycles. The predicted octanol–water partition coefficient (Wildman–Crippen LogP) is 6.20. The molecule has 174 valence electrons. The number of benzene rings is 2. The van der Waals surface area contributed by atoms with E-state index in [2.05, 4.69) is 35.1 Å². The van der Waals surface area contributed by atoms with Crippen molar-refractivity contribution in [1.82, 2.24) is 10.2 Å². The van der Waals surface area contributed by atoms with Crippen LogP contribution in [-0.2, 0) is 16.1 Å². The van der Waals surface area contributed by atoms with Crippen LogP contribution in [0.2, 0.25) is 10.0 Å². The van der Waals surface area contributed by atoms with Gasteiger partial charge in [-0.3, -0.25) is 9.59 Å². The van der Waals surface area contributed by atoms with Crippen LogP contribution in [0.15, 0.2) is 40.9 Å². The number of carbonyl (C=O) groups is 2. The molecule has 8 heteroatoms. The smallest absolute Gasteiger partial charge is 0.261 e. The van der Waals surface area contributed by atoms with Crippen molar-refractivity contribution in [2.45, 2.75) is 52.6 Å². The largest absolute Gasteiger partial charge is 0.483 e. The monoisotopic (exact) mass is 542 g/mol. The zero-order chi connectivity index (χ0) is 23.8. The van der Waals surface area contributed by atoms with Gasteiger partial charge in [-0.15, -0.1) is 0 Å². The van der Waals surface area contributed by atoms with E-state index in [1.165, 1.54) is 4.90 Å². The molecule has 1 N–H and O–H groups in total. The van der Waals surface area contributed by atoms with Crippen molar-refractivity contribution < 1.29 is 14.3 Å². The highest BCUT2D eigenvalue weighted by Gasteiger charge is 2.30. The predicted molar refractivity (Wildman–Crippen MR) is 134 cm³/mol. The normalized spacial score (nSPS) is 11.9. The van der Waals surface area contributed by atoms with Crippen LogP contribution in [0.4, 0.5) is 0 Å². The summed E-state index contributed by atoms with van der Waals surface area (Å²) < 4.78 is 6.58. The molecule has 32 heavy (non-hydrogen) atoms. The Kier molecular flexibility index (Phi) is 10.3. The minimum Gasteiger partial charge on any atom is -0.483 e. The van der Waals surface area contributed by atoms with Crippen LogP contribution in [0.5, 0.6) is 5.75 Å². The zero-order valence-electron chi connectivity index (χ0n) is 18.8. The average Bonchev–Trinajstić information content (AvgIpc) is 2.74. The fourth-order valence-corrected chi connectivity index (χ4v) is 4.31. The van der Waals surface area contributed by atoms with Crippen LogP contribution < -0.4 is 10.1 Å². The number of nitrogens with one attached hydrogen (secondary N) is 1. The number of halogens is 3. The topological polar surface area (TPSA) is 58.6 Å². The van der Waals surface area contributed by atoms with Gasteiger partial charge in [-0.1, -0.05) is 56.1 Å². The van der Waals surface area contributed by atoms with Gasteiger partial charge in [-0.05, 0) is 65.0 Å². The Balaban J connectivity index is 2.28. The fourth-order valence-electron chi connectivity index (χ4n) is 3.28. The van der Waals surface area contributed by atoms with Gasteiger partial charge in [0.15, 0.2) is 6.61 Å². The van der Waals surface area contributed by atoms with Gasteiger partial charge in [0, 0.05) is 28.7 Å². The number of carbonyl (C=O) groups excluding carboxylic acids is 2. The first-order valence-electron chi connectivity index (χ1n) is 10.6. The Labute approximate surface area is 208 Å². The molecule has 0 spiro atoms. The van der Waals surface area contributed by atoms with E-state index in [1.807, 2.05) is 32.0 Å². The van der Waals surface area contributed by atoms with Crippen LogP contribution in [0.1, 0.15) is 51.2 Å². The molecule has 2 rings (SSSR count). The maximum absolute atomic E-state index is 13.3. The molecule has 2 aromatic rings. The Morgan fingerprint density at radius 1 is 1.12 bits per heavy atom. The maximum Gasteiger partial charge on any atom is 0.261 e. The van der Waals surface area contributed by atoms with Crippen molar-refractivity contribution in [3.05, 3.63) is 62.0 Å². The lowest BCUT2D eigenvalue weighted by atomic mass is 10.0. The molecule has 5 nitrogen and oxygen atoms in total. The first kappa shape index (κ1) is 26.5. The van der Waals surface area contributed by atoms with Crippen molar-refractivity contribution in [2.75, 3.05) is 13.2 Å². The quantitative estimate of drug-likeness (QED) is 0.388. The Morgan fingerprint density at radius 2 is 1.78 bits per heavy atom. The van der Waals surface area contributed by atoms with Gasteiger partial charge in [0.2, 0.25) is 5.91 Å². The Morgan fingerprint density at radius 3 is 2.31 bits per heavy atom. The third-order valence-electron chi connectivity index (χ3n) is 5.10. The number of rotatable bonds is 10. The van der Waals surface area contributed by atoms with E-state index in [-0.39, 0.29) is 25.0 Å². The lowest BCUT2D eigenvalue weighted by Gasteiger charge is -2.31. The first-order chi connectivity index (χ1) is 15.2. The molecular formula is C24H29BrCl2N2O3. The average molecular weight is 544 g/mol. The molecule has 2 aromatic carbocycles. The molecule has 1 atom stereocenters. The summed E-state index contributed by atoms with van der Waals surface area (Å²) in [6.45, 7) is 8.25. The minimum absolute atomic E-state index is 0.101. The summed E-state index contributed by atoms with van der Waals surface area (Å²) >= 11 is 16.2. The van der Waals surface area contributed by atoms with Crippen LogP contribution in [0.3, 0.4) is 0 Å². The van der Waals surface area contributed by atoms with Gasteiger partial charge in [-0.25, -0.2) is 0 Å². The molecule has 0 radical (unpaired) electrons. The second kappa shape index (κ2) is 12.5. The molecule has 0 fully saturated rings. The van der Waals surface area contributed by atoms with E-state index in [9.17, 15) is 9.59 Å². The second-order valence-electron chi connectivity index (χ2n) is 7.67. The van der Waals surface area contributed by atoms with E-state index in [0.717, 1.165) is 10.0 Å². The van der Waals surface area contributed by atoms with Crippen molar-refractivity contribution in [1.29, 1.82) is 0 Å². The molecule has 0 bridgehead atoms. The van der Waals surface area contributed by atoms with Crippen molar-refractivity contribution in [2.24, 2.45) is 0 Å². The highest BCUT2D eigenvalue weighted by Crippen LogP contribution is 2.30. The van der Waals surface area contributed by atoms with E-state index >= 15 is 0 Å². The number of likely N-dealkylation sites (N-methyl/N-ethyl adjacent to an activating group) is 1. The molecule has 0 saturated carbocycles. The SMILES string of the molecule is CCNC(=O)[C@@H](CC)N(Cc1c(Cl)cccc1Cl)C(=O)COc1ccc(C(C)C)cc1Br. The van der Waals surface area contributed by atoms with E-state index in [0.29, 0.717) is 40.2 Å². The van der Waals surface area contributed by atoms with Crippen molar-refractivity contribution >= 4 is 50.9 Å². The summed E-state index contributed by atoms with van der Waals surface area (Å²) in [5.41, 5.74) is 1.75. The molecule has 0 saturated heterocycles. The van der Waals surface area contributed by atoms with Gasteiger partial charge >= 0.3 is 0 Å².